The van der Waals surface area contributed by atoms with Crippen molar-refractivity contribution in [2.24, 2.45) is 10.9 Å². The summed E-state index contributed by atoms with van der Waals surface area (Å²) in [4.78, 5) is 5.99. The highest BCUT2D eigenvalue weighted by atomic mass is 32.2. The highest BCUT2D eigenvalue weighted by molar-refractivity contribution is 8.16. The molecule has 0 fully saturated rings. The molecule has 0 aromatic heterocycles. The molecule has 0 bridgehead atoms. The number of thioether (sulfide) groups is 2. The summed E-state index contributed by atoms with van der Waals surface area (Å²) >= 11 is 3.55. The Morgan fingerprint density at radius 1 is 1.44 bits per heavy atom. The molecule has 1 aromatic carbocycles. The Balaban J connectivity index is 2.23. The summed E-state index contributed by atoms with van der Waals surface area (Å²) < 4.78 is -0.00576. The number of hydrogen-bond donors (Lipinski definition) is 0. The monoisotopic (exact) mass is 276 g/mol. The third-order valence-electron chi connectivity index (χ3n) is 2.66. The van der Waals surface area contributed by atoms with E-state index in [4.69, 9.17) is 10.3 Å². The molecule has 0 amide bonds. The third kappa shape index (κ3) is 2.90. The Hall–Kier alpha value is -0.920. The van der Waals surface area contributed by atoms with E-state index in [0.717, 1.165) is 16.5 Å². The summed E-state index contributed by atoms with van der Waals surface area (Å²) in [5.41, 5.74) is 1.05. The van der Waals surface area contributed by atoms with Crippen LogP contribution in [0.3, 0.4) is 0 Å². The minimum atomic E-state index is -0.00576. The fourth-order valence-electron chi connectivity index (χ4n) is 1.65. The Bertz CT molecular complexity index is 515. The van der Waals surface area contributed by atoms with Gasteiger partial charge in [-0.1, -0.05) is 12.1 Å². The molecule has 0 N–H and O–H groups in total. The van der Waals surface area contributed by atoms with Gasteiger partial charge in [-0.15, -0.1) is 23.5 Å². The number of para-hydroxylation sites is 1. The first kappa shape index (κ1) is 13.5. The molecule has 94 valence electrons. The summed E-state index contributed by atoms with van der Waals surface area (Å²) in [6, 6.07) is 10.5. The lowest BCUT2D eigenvalue weighted by Crippen LogP contribution is -2.27. The Kier molecular flexibility index (Phi) is 4.04. The molecule has 1 heterocycles. The van der Waals surface area contributed by atoms with Crippen LogP contribution in [0.1, 0.15) is 20.8 Å². The smallest absolute Gasteiger partial charge is 0.0898 e. The molecule has 0 aliphatic carbocycles. The first-order valence-electron chi connectivity index (χ1n) is 5.92. The second-order valence-corrected chi connectivity index (χ2v) is 7.51. The average Bonchev–Trinajstić information content (AvgIpc) is 2.34. The number of nitriles is 1. The molecule has 1 unspecified atom stereocenters. The van der Waals surface area contributed by atoms with Crippen molar-refractivity contribution in [3.8, 4) is 6.07 Å². The van der Waals surface area contributed by atoms with Crippen LogP contribution in [0, 0.1) is 17.2 Å². The molecule has 1 aliphatic heterocycles. The lowest BCUT2D eigenvalue weighted by molar-refractivity contribution is 0.865. The van der Waals surface area contributed by atoms with Gasteiger partial charge in [0.2, 0.25) is 0 Å². The number of aliphatic imine (C=N–C) groups is 1. The molecule has 4 heteroatoms. The fourth-order valence-corrected chi connectivity index (χ4v) is 3.99. The van der Waals surface area contributed by atoms with Crippen LogP contribution in [0.15, 0.2) is 34.2 Å². The van der Waals surface area contributed by atoms with Crippen LogP contribution in [-0.4, -0.2) is 15.5 Å². The standard InChI is InChI=1S/C14H16N2S2/c1-10(8-15)9-17-13-14(2,3)18-12-7-5-4-6-11(12)16-13/h4-7,10H,9H2,1-3H3. The van der Waals surface area contributed by atoms with Crippen LogP contribution < -0.4 is 0 Å². The van der Waals surface area contributed by atoms with Gasteiger partial charge in [0.15, 0.2) is 0 Å². The summed E-state index contributed by atoms with van der Waals surface area (Å²) in [6.07, 6.45) is 0. The zero-order valence-corrected chi connectivity index (χ0v) is 12.4. The molecule has 1 aliphatic rings. The van der Waals surface area contributed by atoms with E-state index in [0.29, 0.717) is 0 Å². The number of hydrogen-bond acceptors (Lipinski definition) is 4. The largest absolute Gasteiger partial charge is 0.244 e. The van der Waals surface area contributed by atoms with Crippen molar-refractivity contribution < 1.29 is 0 Å². The van der Waals surface area contributed by atoms with E-state index in [9.17, 15) is 0 Å². The quantitative estimate of drug-likeness (QED) is 0.798. The van der Waals surface area contributed by atoms with E-state index in [1.165, 1.54) is 4.90 Å². The zero-order chi connectivity index (χ0) is 13.2. The molecule has 2 rings (SSSR count). The highest BCUT2D eigenvalue weighted by Gasteiger charge is 2.31. The SMILES string of the molecule is CC(C#N)CSC1=Nc2ccccc2SC1(C)C. The van der Waals surface area contributed by atoms with Crippen LogP contribution in [0.5, 0.6) is 0 Å². The zero-order valence-electron chi connectivity index (χ0n) is 10.8. The van der Waals surface area contributed by atoms with E-state index >= 15 is 0 Å². The molecule has 1 aromatic rings. The van der Waals surface area contributed by atoms with Crippen molar-refractivity contribution in [1.82, 2.24) is 0 Å². The van der Waals surface area contributed by atoms with Gasteiger partial charge in [0, 0.05) is 10.6 Å². The maximum absolute atomic E-state index is 8.84. The minimum absolute atomic E-state index is 0.00576. The van der Waals surface area contributed by atoms with Gasteiger partial charge in [-0.05, 0) is 32.9 Å². The lowest BCUT2D eigenvalue weighted by atomic mass is 10.2. The summed E-state index contributed by atoms with van der Waals surface area (Å²) in [6.45, 7) is 6.33. The predicted octanol–water partition coefficient (Wildman–Crippen LogP) is 4.49. The first-order chi connectivity index (χ1) is 8.53. The van der Waals surface area contributed by atoms with Crippen molar-refractivity contribution in [1.29, 1.82) is 5.26 Å². The van der Waals surface area contributed by atoms with Crippen molar-refractivity contribution in [2.45, 2.75) is 30.4 Å². The number of benzene rings is 1. The second kappa shape index (κ2) is 5.38. The van der Waals surface area contributed by atoms with Crippen LogP contribution in [-0.2, 0) is 0 Å². The van der Waals surface area contributed by atoms with Gasteiger partial charge in [0.05, 0.1) is 27.5 Å². The van der Waals surface area contributed by atoms with Crippen LogP contribution >= 0.6 is 23.5 Å². The molecule has 0 saturated heterocycles. The van der Waals surface area contributed by atoms with Gasteiger partial charge in [0.25, 0.3) is 0 Å². The molecule has 0 radical (unpaired) electrons. The molecule has 0 spiro atoms. The van der Waals surface area contributed by atoms with Crippen molar-refractivity contribution >= 4 is 34.3 Å². The average molecular weight is 276 g/mol. The molecule has 18 heavy (non-hydrogen) atoms. The Morgan fingerprint density at radius 2 is 2.17 bits per heavy atom. The Labute approximate surface area is 117 Å². The minimum Gasteiger partial charge on any atom is -0.244 e. The topological polar surface area (TPSA) is 36.1 Å². The summed E-state index contributed by atoms with van der Waals surface area (Å²) in [5, 5.41) is 9.96. The maximum Gasteiger partial charge on any atom is 0.0898 e. The van der Waals surface area contributed by atoms with Crippen LogP contribution in [0.25, 0.3) is 0 Å². The van der Waals surface area contributed by atoms with Crippen molar-refractivity contribution in [2.75, 3.05) is 5.75 Å². The molecular weight excluding hydrogens is 260 g/mol. The van der Waals surface area contributed by atoms with Gasteiger partial charge < -0.3 is 0 Å². The maximum atomic E-state index is 8.84. The van der Waals surface area contributed by atoms with Gasteiger partial charge in [-0.25, -0.2) is 4.99 Å². The lowest BCUT2D eigenvalue weighted by Gasteiger charge is -2.30. The Morgan fingerprint density at radius 3 is 2.89 bits per heavy atom. The molecular formula is C14H16N2S2. The normalized spacial score (nSPS) is 18.4. The molecule has 2 nitrogen and oxygen atoms in total. The number of fused-ring (bicyclic) bond motifs is 1. The highest BCUT2D eigenvalue weighted by Crippen LogP contribution is 2.46. The van der Waals surface area contributed by atoms with E-state index in [1.807, 2.05) is 36.9 Å². The number of nitrogens with zero attached hydrogens (tertiary/aromatic N) is 2. The van der Waals surface area contributed by atoms with E-state index in [2.05, 4.69) is 26.0 Å². The molecule has 1 atom stereocenters. The van der Waals surface area contributed by atoms with E-state index in [1.54, 1.807) is 11.8 Å². The second-order valence-electron chi connectivity index (χ2n) is 4.84. The van der Waals surface area contributed by atoms with Crippen molar-refractivity contribution in [3.63, 3.8) is 0 Å². The van der Waals surface area contributed by atoms with Crippen LogP contribution in [0.4, 0.5) is 5.69 Å². The van der Waals surface area contributed by atoms with Gasteiger partial charge in [0.1, 0.15) is 0 Å². The third-order valence-corrected chi connectivity index (χ3v) is 5.60. The molecule has 0 saturated carbocycles. The summed E-state index contributed by atoms with van der Waals surface area (Å²) in [7, 11) is 0. The van der Waals surface area contributed by atoms with Crippen molar-refractivity contribution in [3.05, 3.63) is 24.3 Å². The first-order valence-corrected chi connectivity index (χ1v) is 7.73. The van der Waals surface area contributed by atoms with Gasteiger partial charge in [-0.2, -0.15) is 5.26 Å². The van der Waals surface area contributed by atoms with Gasteiger partial charge >= 0.3 is 0 Å². The van der Waals surface area contributed by atoms with Gasteiger partial charge in [-0.3, -0.25) is 0 Å². The fraction of sp³-hybridized carbons (Fsp3) is 0.429. The predicted molar refractivity (Wildman–Crippen MR) is 80.7 cm³/mol. The van der Waals surface area contributed by atoms with E-state index < -0.39 is 0 Å². The van der Waals surface area contributed by atoms with E-state index in [-0.39, 0.29) is 10.7 Å². The summed E-state index contributed by atoms with van der Waals surface area (Å²) in [5.74, 6) is 0.872. The van der Waals surface area contributed by atoms with Crippen LogP contribution in [0.2, 0.25) is 0 Å². The number of rotatable bonds is 2.